The number of hydrogen-bond acceptors (Lipinski definition) is 6. The van der Waals surface area contributed by atoms with E-state index in [1.54, 1.807) is 18.2 Å². The average Bonchev–Trinajstić information content (AvgIpc) is 3.07. The molecule has 0 bridgehead atoms. The zero-order chi connectivity index (χ0) is 18.5. The molecule has 26 heavy (non-hydrogen) atoms. The number of fused-ring (bicyclic) bond motifs is 1. The second kappa shape index (κ2) is 8.33. The van der Waals surface area contributed by atoms with Crippen molar-refractivity contribution in [1.29, 1.82) is 0 Å². The Morgan fingerprint density at radius 3 is 2.96 bits per heavy atom. The summed E-state index contributed by atoms with van der Waals surface area (Å²) in [5.41, 5.74) is 0.492. The fraction of sp³-hybridized carbons (Fsp3) is 0.353. The molecular formula is C17H19N5O2S2. The van der Waals surface area contributed by atoms with E-state index in [-0.39, 0.29) is 24.4 Å². The normalized spacial score (nSPS) is 11.0. The standard InChI is InChI=1S/C17H19N5O2S2/c1-2-3-8-14-20-21-16(26-14)19-13(23)9-10-22-15(24)11-6-4-5-7-12(11)18-17(22)25/h4-7H,2-3,8-10H2,1H3,(H,18,25)(H,19,21,23). The van der Waals surface area contributed by atoms with Crippen molar-refractivity contribution in [2.45, 2.75) is 39.2 Å². The smallest absolute Gasteiger partial charge is 0.262 e. The number of carbonyl (C=O) groups is 1. The Morgan fingerprint density at radius 1 is 1.35 bits per heavy atom. The predicted molar refractivity (Wildman–Crippen MR) is 105 cm³/mol. The summed E-state index contributed by atoms with van der Waals surface area (Å²) in [7, 11) is 0. The van der Waals surface area contributed by atoms with Gasteiger partial charge in [-0.25, -0.2) is 0 Å². The number of benzene rings is 1. The summed E-state index contributed by atoms with van der Waals surface area (Å²) in [6.07, 6.45) is 3.12. The number of nitrogens with one attached hydrogen (secondary N) is 2. The van der Waals surface area contributed by atoms with Gasteiger partial charge in [-0.1, -0.05) is 36.8 Å². The third kappa shape index (κ3) is 4.23. The summed E-state index contributed by atoms with van der Waals surface area (Å²) in [6.45, 7) is 2.32. The molecular weight excluding hydrogens is 370 g/mol. The molecule has 2 aromatic heterocycles. The molecule has 9 heteroatoms. The van der Waals surface area contributed by atoms with Crippen LogP contribution in [0.3, 0.4) is 0 Å². The molecule has 1 aromatic carbocycles. The molecule has 136 valence electrons. The number of unbranched alkanes of at least 4 members (excludes halogenated alkanes) is 1. The molecule has 1 amide bonds. The van der Waals surface area contributed by atoms with Gasteiger partial charge in [-0.05, 0) is 30.8 Å². The summed E-state index contributed by atoms with van der Waals surface area (Å²) in [4.78, 5) is 27.7. The summed E-state index contributed by atoms with van der Waals surface area (Å²) in [5, 5.41) is 12.7. The van der Waals surface area contributed by atoms with Crippen LogP contribution < -0.4 is 10.9 Å². The molecule has 0 atom stereocenters. The minimum absolute atomic E-state index is 0.125. The van der Waals surface area contributed by atoms with Gasteiger partial charge in [0.1, 0.15) is 5.01 Å². The van der Waals surface area contributed by atoms with Crippen molar-refractivity contribution in [3.8, 4) is 0 Å². The molecule has 0 spiro atoms. The number of hydrogen-bond donors (Lipinski definition) is 2. The maximum absolute atomic E-state index is 12.5. The van der Waals surface area contributed by atoms with Crippen LogP contribution in [0.5, 0.6) is 0 Å². The number of aromatic amines is 1. The Balaban J connectivity index is 1.66. The molecule has 0 saturated carbocycles. The third-order valence-electron chi connectivity index (χ3n) is 3.91. The highest BCUT2D eigenvalue weighted by Crippen LogP contribution is 2.17. The minimum Gasteiger partial charge on any atom is -0.332 e. The predicted octanol–water partition coefficient (Wildman–Crippen LogP) is 3.28. The summed E-state index contributed by atoms with van der Waals surface area (Å²) >= 11 is 6.63. The fourth-order valence-corrected chi connectivity index (χ4v) is 3.61. The van der Waals surface area contributed by atoms with Crippen LogP contribution in [0.2, 0.25) is 0 Å². The second-order valence-electron chi connectivity index (χ2n) is 5.84. The molecule has 3 rings (SSSR count). The van der Waals surface area contributed by atoms with E-state index in [1.807, 2.05) is 6.07 Å². The molecule has 0 radical (unpaired) electrons. The first-order valence-corrected chi connectivity index (χ1v) is 9.65. The lowest BCUT2D eigenvalue weighted by molar-refractivity contribution is -0.116. The Hall–Kier alpha value is -2.39. The number of nitrogens with zero attached hydrogens (tertiary/aromatic N) is 3. The van der Waals surface area contributed by atoms with Gasteiger partial charge in [-0.3, -0.25) is 14.2 Å². The van der Waals surface area contributed by atoms with Crippen LogP contribution in [0.25, 0.3) is 10.9 Å². The highest BCUT2D eigenvalue weighted by molar-refractivity contribution is 7.71. The highest BCUT2D eigenvalue weighted by Gasteiger charge is 2.10. The molecule has 0 aliphatic heterocycles. The third-order valence-corrected chi connectivity index (χ3v) is 5.13. The van der Waals surface area contributed by atoms with Crippen LogP contribution in [0.4, 0.5) is 5.13 Å². The largest absolute Gasteiger partial charge is 0.332 e. The van der Waals surface area contributed by atoms with Gasteiger partial charge < -0.3 is 10.3 Å². The van der Waals surface area contributed by atoms with Gasteiger partial charge in [0, 0.05) is 19.4 Å². The number of carbonyl (C=O) groups excluding carboxylic acids is 1. The molecule has 3 aromatic rings. The van der Waals surface area contributed by atoms with Crippen LogP contribution in [-0.4, -0.2) is 25.7 Å². The quantitative estimate of drug-likeness (QED) is 0.605. The number of aryl methyl sites for hydroxylation is 1. The van der Waals surface area contributed by atoms with Gasteiger partial charge >= 0.3 is 0 Å². The van der Waals surface area contributed by atoms with E-state index in [9.17, 15) is 9.59 Å². The Kier molecular flexibility index (Phi) is 5.89. The van der Waals surface area contributed by atoms with Gasteiger partial charge in [0.15, 0.2) is 4.77 Å². The second-order valence-corrected chi connectivity index (χ2v) is 7.28. The van der Waals surface area contributed by atoms with E-state index in [1.165, 1.54) is 15.9 Å². The van der Waals surface area contributed by atoms with Gasteiger partial charge in [-0.2, -0.15) is 0 Å². The van der Waals surface area contributed by atoms with Crippen molar-refractivity contribution in [2.75, 3.05) is 5.32 Å². The van der Waals surface area contributed by atoms with E-state index in [2.05, 4.69) is 27.4 Å². The Bertz CT molecular complexity index is 1040. The molecule has 0 aliphatic carbocycles. The number of para-hydroxylation sites is 1. The van der Waals surface area contributed by atoms with Crippen molar-refractivity contribution in [1.82, 2.24) is 19.7 Å². The van der Waals surface area contributed by atoms with Crippen LogP contribution in [-0.2, 0) is 17.8 Å². The first-order valence-electron chi connectivity index (χ1n) is 8.42. The van der Waals surface area contributed by atoms with E-state index >= 15 is 0 Å². The highest BCUT2D eigenvalue weighted by atomic mass is 32.1. The topological polar surface area (TPSA) is 92.7 Å². The molecule has 2 heterocycles. The van der Waals surface area contributed by atoms with E-state index in [0.29, 0.717) is 20.8 Å². The molecule has 0 aliphatic rings. The van der Waals surface area contributed by atoms with Crippen molar-refractivity contribution in [2.24, 2.45) is 0 Å². The fourth-order valence-electron chi connectivity index (χ4n) is 2.53. The average molecular weight is 390 g/mol. The summed E-state index contributed by atoms with van der Waals surface area (Å²) in [6, 6.07) is 7.17. The lowest BCUT2D eigenvalue weighted by Gasteiger charge is -2.07. The number of rotatable bonds is 7. The van der Waals surface area contributed by atoms with Crippen molar-refractivity contribution in [3.05, 3.63) is 44.4 Å². The molecule has 0 unspecified atom stereocenters. The zero-order valence-electron chi connectivity index (χ0n) is 14.3. The Morgan fingerprint density at radius 2 is 2.15 bits per heavy atom. The SMILES string of the molecule is CCCCc1nnc(NC(=O)CCn2c(=S)[nH]c3ccccc3c2=O)s1. The molecule has 7 nitrogen and oxygen atoms in total. The van der Waals surface area contributed by atoms with Gasteiger partial charge in [0.2, 0.25) is 11.0 Å². The van der Waals surface area contributed by atoms with E-state index in [4.69, 9.17) is 12.2 Å². The summed E-state index contributed by atoms with van der Waals surface area (Å²) in [5.74, 6) is -0.224. The first-order chi connectivity index (χ1) is 12.6. The minimum atomic E-state index is -0.224. The number of H-pyrrole nitrogens is 1. The monoisotopic (exact) mass is 389 g/mol. The number of amides is 1. The zero-order valence-corrected chi connectivity index (χ0v) is 16.0. The van der Waals surface area contributed by atoms with Crippen molar-refractivity contribution < 1.29 is 4.79 Å². The van der Waals surface area contributed by atoms with E-state index in [0.717, 1.165) is 24.3 Å². The molecule has 0 saturated heterocycles. The molecule has 0 fully saturated rings. The number of aromatic nitrogens is 4. The lowest BCUT2D eigenvalue weighted by Crippen LogP contribution is -2.25. The maximum atomic E-state index is 12.5. The van der Waals surface area contributed by atoms with E-state index < -0.39 is 0 Å². The van der Waals surface area contributed by atoms with Crippen molar-refractivity contribution in [3.63, 3.8) is 0 Å². The maximum Gasteiger partial charge on any atom is 0.262 e. The Labute approximate surface area is 159 Å². The van der Waals surface area contributed by atoms with Crippen LogP contribution in [0.15, 0.2) is 29.1 Å². The van der Waals surface area contributed by atoms with Crippen LogP contribution in [0, 0.1) is 4.77 Å². The van der Waals surface area contributed by atoms with Crippen LogP contribution >= 0.6 is 23.6 Å². The van der Waals surface area contributed by atoms with Crippen molar-refractivity contribution >= 4 is 45.5 Å². The molecule has 2 N–H and O–H groups in total. The summed E-state index contributed by atoms with van der Waals surface area (Å²) < 4.78 is 1.71. The number of anilines is 1. The van der Waals surface area contributed by atoms with Gasteiger partial charge in [-0.15, -0.1) is 10.2 Å². The lowest BCUT2D eigenvalue weighted by atomic mass is 10.2. The van der Waals surface area contributed by atoms with Gasteiger partial charge in [0.05, 0.1) is 10.9 Å². The van der Waals surface area contributed by atoms with Gasteiger partial charge in [0.25, 0.3) is 5.56 Å². The van der Waals surface area contributed by atoms with Crippen LogP contribution in [0.1, 0.15) is 31.2 Å². The first kappa shape index (κ1) is 18.4.